The number of nitrogens with zero attached hydrogens (tertiary/aromatic N) is 1. The van der Waals surface area contributed by atoms with E-state index in [1.807, 2.05) is 0 Å². The summed E-state index contributed by atoms with van der Waals surface area (Å²) in [7, 11) is 0. The molecule has 3 aliphatic carbocycles. The van der Waals surface area contributed by atoms with Gasteiger partial charge in [0.2, 0.25) is 11.8 Å². The van der Waals surface area contributed by atoms with Crippen LogP contribution in [0.1, 0.15) is 38.5 Å². The molecule has 6 nitrogen and oxygen atoms in total. The van der Waals surface area contributed by atoms with Crippen LogP contribution in [0.2, 0.25) is 0 Å². The second-order valence-electron chi connectivity index (χ2n) is 7.82. The Morgan fingerprint density at radius 2 is 1.92 bits per heavy atom. The van der Waals surface area contributed by atoms with Gasteiger partial charge < -0.3 is 16.4 Å². The number of carbonyl (C=O) groups is 2. The van der Waals surface area contributed by atoms with Crippen molar-refractivity contribution in [3.8, 4) is 0 Å². The Morgan fingerprint density at radius 3 is 2.50 bits per heavy atom. The van der Waals surface area contributed by atoms with E-state index in [4.69, 9.17) is 5.73 Å². The molecule has 1 spiro atoms. The smallest absolute Gasteiger partial charge is 0.230 e. The van der Waals surface area contributed by atoms with E-state index in [2.05, 4.69) is 31.5 Å². The highest BCUT2D eigenvalue weighted by Gasteiger charge is 2.71. The van der Waals surface area contributed by atoms with Crippen LogP contribution in [0.3, 0.4) is 0 Å². The molecule has 0 radical (unpaired) electrons. The van der Waals surface area contributed by atoms with Crippen LogP contribution in [0, 0.1) is 29.1 Å². The molecule has 0 aliphatic heterocycles. The predicted octanol–water partition coefficient (Wildman–Crippen LogP) is 2.75. The van der Waals surface area contributed by atoms with Crippen molar-refractivity contribution in [2.45, 2.75) is 38.5 Å². The quantitative estimate of drug-likeness (QED) is 0.567. The molecule has 26 heavy (non-hydrogen) atoms. The molecule has 3 saturated carbocycles. The third-order valence-corrected chi connectivity index (χ3v) is 7.98. The van der Waals surface area contributed by atoms with Crippen molar-refractivity contribution < 1.29 is 9.59 Å². The summed E-state index contributed by atoms with van der Waals surface area (Å²) in [4.78, 5) is 30.2. The molecule has 0 saturated heterocycles. The van der Waals surface area contributed by atoms with Crippen LogP contribution in [-0.2, 0) is 9.59 Å². The Kier molecular flexibility index (Phi) is 5.09. The van der Waals surface area contributed by atoms with E-state index >= 15 is 0 Å². The lowest BCUT2D eigenvalue weighted by Gasteiger charge is -2.28. The van der Waals surface area contributed by atoms with Gasteiger partial charge in [0.15, 0.2) is 5.13 Å². The molecule has 2 bridgehead atoms. The SMILES string of the molecule is NCCCCNC(=O)[C@H]1[C@H](C(=O)Nc2ncc(Br)s2)[C@@H]2CC[C@H]1C21CC1. The van der Waals surface area contributed by atoms with E-state index < -0.39 is 0 Å². The zero-order chi connectivity index (χ0) is 18.3. The molecule has 0 aromatic carbocycles. The number of hydrogen-bond donors (Lipinski definition) is 3. The maximum atomic E-state index is 13.1. The van der Waals surface area contributed by atoms with E-state index in [1.165, 1.54) is 24.2 Å². The molecule has 8 heteroatoms. The number of amides is 2. The van der Waals surface area contributed by atoms with Gasteiger partial charge in [-0.05, 0) is 78.3 Å². The van der Waals surface area contributed by atoms with Crippen molar-refractivity contribution in [2.24, 2.45) is 34.8 Å². The Bertz CT molecular complexity index is 705. The number of nitrogens with one attached hydrogen (secondary N) is 2. The molecule has 2 amide bonds. The molecule has 1 aromatic rings. The number of anilines is 1. The molecule has 1 aromatic heterocycles. The average Bonchev–Trinajstić information content (AvgIpc) is 3.12. The fraction of sp³-hybridized carbons (Fsp3) is 0.722. The number of nitrogens with two attached hydrogens (primary N) is 1. The molecule has 4 atom stereocenters. The number of thiazole rings is 1. The fourth-order valence-electron chi connectivity index (χ4n) is 5.46. The van der Waals surface area contributed by atoms with E-state index in [-0.39, 0.29) is 29.1 Å². The summed E-state index contributed by atoms with van der Waals surface area (Å²) >= 11 is 4.77. The largest absolute Gasteiger partial charge is 0.356 e. The van der Waals surface area contributed by atoms with Gasteiger partial charge in [0, 0.05) is 6.54 Å². The molecule has 4 rings (SSSR count). The summed E-state index contributed by atoms with van der Waals surface area (Å²) in [5.41, 5.74) is 5.78. The number of carbonyl (C=O) groups excluding carboxylic acids is 2. The molecular weight excluding hydrogens is 416 g/mol. The second-order valence-corrected chi connectivity index (χ2v) is 10.2. The highest BCUT2D eigenvalue weighted by atomic mass is 79.9. The van der Waals surface area contributed by atoms with Gasteiger partial charge >= 0.3 is 0 Å². The normalized spacial score (nSPS) is 30.5. The third kappa shape index (κ3) is 3.10. The lowest BCUT2D eigenvalue weighted by atomic mass is 9.78. The number of rotatable bonds is 7. The van der Waals surface area contributed by atoms with Gasteiger partial charge in [-0.15, -0.1) is 0 Å². The molecule has 4 N–H and O–H groups in total. The van der Waals surface area contributed by atoms with E-state index in [1.54, 1.807) is 6.20 Å². The Morgan fingerprint density at radius 1 is 1.23 bits per heavy atom. The minimum absolute atomic E-state index is 0.0348. The van der Waals surface area contributed by atoms with Crippen LogP contribution in [-0.4, -0.2) is 29.9 Å². The van der Waals surface area contributed by atoms with Crippen LogP contribution in [0.4, 0.5) is 5.13 Å². The summed E-state index contributed by atoms with van der Waals surface area (Å²) in [5, 5.41) is 6.62. The number of aromatic nitrogens is 1. The van der Waals surface area contributed by atoms with Crippen molar-refractivity contribution in [3.05, 3.63) is 9.98 Å². The standard InChI is InChI=1S/C18H25BrN4O2S/c19-12-9-22-17(26-12)23-16(25)14-11-4-3-10(18(11)5-6-18)13(14)15(24)21-8-2-1-7-20/h9-11,13-14H,1-8,20H2,(H,21,24)(H,22,23,25)/t10-,11+,13-,14-/m1/s1. The van der Waals surface area contributed by atoms with Gasteiger partial charge in [0.1, 0.15) is 0 Å². The molecular formula is C18H25BrN4O2S. The Hall–Kier alpha value is -0.990. The Balaban J connectivity index is 1.49. The first kappa shape index (κ1) is 18.4. The van der Waals surface area contributed by atoms with Gasteiger partial charge in [-0.25, -0.2) is 4.98 Å². The molecule has 0 unspecified atom stereocenters. The summed E-state index contributed by atoms with van der Waals surface area (Å²) in [6.07, 6.45) is 7.98. The fourth-order valence-corrected chi connectivity index (χ4v) is 6.57. The summed E-state index contributed by atoms with van der Waals surface area (Å²) < 4.78 is 0.883. The Labute approximate surface area is 165 Å². The zero-order valence-electron chi connectivity index (χ0n) is 14.7. The lowest BCUT2D eigenvalue weighted by Crippen LogP contribution is -2.43. The summed E-state index contributed by atoms with van der Waals surface area (Å²) in [6.45, 7) is 1.28. The molecule has 3 aliphatic rings. The van der Waals surface area contributed by atoms with Crippen molar-refractivity contribution >= 4 is 44.2 Å². The van der Waals surface area contributed by atoms with Crippen molar-refractivity contribution in [2.75, 3.05) is 18.4 Å². The number of hydrogen-bond acceptors (Lipinski definition) is 5. The van der Waals surface area contributed by atoms with Gasteiger partial charge in [-0.2, -0.15) is 0 Å². The van der Waals surface area contributed by atoms with Crippen LogP contribution in [0.5, 0.6) is 0 Å². The topological polar surface area (TPSA) is 97.1 Å². The molecule has 1 heterocycles. The lowest BCUT2D eigenvalue weighted by molar-refractivity contribution is -0.134. The zero-order valence-corrected chi connectivity index (χ0v) is 17.1. The van der Waals surface area contributed by atoms with Crippen molar-refractivity contribution in [1.29, 1.82) is 0 Å². The van der Waals surface area contributed by atoms with E-state index in [0.29, 0.717) is 30.1 Å². The third-order valence-electron chi connectivity index (χ3n) is 6.59. The first-order valence-electron chi connectivity index (χ1n) is 9.47. The van der Waals surface area contributed by atoms with Gasteiger partial charge in [-0.1, -0.05) is 11.3 Å². The average molecular weight is 441 g/mol. The van der Waals surface area contributed by atoms with Crippen molar-refractivity contribution in [1.82, 2.24) is 10.3 Å². The first-order chi connectivity index (χ1) is 12.6. The number of unbranched alkanes of at least 4 members (excludes halogenated alkanes) is 1. The monoisotopic (exact) mass is 440 g/mol. The first-order valence-corrected chi connectivity index (χ1v) is 11.1. The van der Waals surface area contributed by atoms with Crippen molar-refractivity contribution in [3.63, 3.8) is 0 Å². The van der Waals surface area contributed by atoms with Crippen LogP contribution in [0.15, 0.2) is 9.98 Å². The molecule has 142 valence electrons. The van der Waals surface area contributed by atoms with Gasteiger partial charge in [-0.3, -0.25) is 9.59 Å². The minimum atomic E-state index is -0.228. The maximum absolute atomic E-state index is 13.1. The number of halogens is 1. The second kappa shape index (κ2) is 7.20. The molecule has 3 fully saturated rings. The predicted molar refractivity (Wildman–Crippen MR) is 105 cm³/mol. The van der Waals surface area contributed by atoms with E-state index in [9.17, 15) is 9.59 Å². The van der Waals surface area contributed by atoms with Gasteiger partial charge in [0.25, 0.3) is 0 Å². The minimum Gasteiger partial charge on any atom is -0.356 e. The maximum Gasteiger partial charge on any atom is 0.230 e. The van der Waals surface area contributed by atoms with Crippen LogP contribution < -0.4 is 16.4 Å². The van der Waals surface area contributed by atoms with Gasteiger partial charge in [0.05, 0.1) is 21.8 Å². The highest BCUT2D eigenvalue weighted by molar-refractivity contribution is 9.11. The summed E-state index contributed by atoms with van der Waals surface area (Å²) in [6, 6.07) is 0. The van der Waals surface area contributed by atoms with Crippen LogP contribution in [0.25, 0.3) is 0 Å². The summed E-state index contributed by atoms with van der Waals surface area (Å²) in [5.74, 6) is 0.302. The van der Waals surface area contributed by atoms with Crippen LogP contribution >= 0.6 is 27.3 Å². The van der Waals surface area contributed by atoms with E-state index in [0.717, 1.165) is 29.5 Å². The highest BCUT2D eigenvalue weighted by Crippen LogP contribution is 2.74.